The van der Waals surface area contributed by atoms with Gasteiger partial charge in [-0.2, -0.15) is 0 Å². The third kappa shape index (κ3) is 4.22. The van der Waals surface area contributed by atoms with Crippen LogP contribution in [0.5, 0.6) is 0 Å². The molecule has 0 spiro atoms. The Bertz CT molecular complexity index is 474. The molecule has 0 amide bonds. The summed E-state index contributed by atoms with van der Waals surface area (Å²) in [5.41, 5.74) is 0.340. The topological polar surface area (TPSA) is 52.7 Å². The summed E-state index contributed by atoms with van der Waals surface area (Å²) in [5, 5.41) is 0. The Labute approximate surface area is 136 Å². The minimum atomic E-state index is -3.12. The van der Waals surface area contributed by atoms with Gasteiger partial charge >= 0.3 is 0 Å². The molecular weight excluding hydrogens is 298 g/mol. The Balaban J connectivity index is 2.16. The summed E-state index contributed by atoms with van der Waals surface area (Å²) in [4.78, 5) is 5.11. The van der Waals surface area contributed by atoms with E-state index in [2.05, 4.69) is 56.1 Å². The van der Waals surface area contributed by atoms with Gasteiger partial charge in [-0.15, -0.1) is 0 Å². The maximum absolute atomic E-state index is 11.5. The van der Waals surface area contributed by atoms with E-state index in [0.717, 1.165) is 26.1 Å². The molecule has 0 bridgehead atoms. The molecule has 2 aliphatic rings. The van der Waals surface area contributed by atoms with Gasteiger partial charge in [0.15, 0.2) is 0 Å². The first-order chi connectivity index (χ1) is 9.77. The van der Waals surface area contributed by atoms with Crippen LogP contribution in [0.2, 0.25) is 0 Å². The molecule has 3 atom stereocenters. The Morgan fingerprint density at radius 1 is 1.00 bits per heavy atom. The van der Waals surface area contributed by atoms with Crippen molar-refractivity contribution in [3.8, 4) is 0 Å². The summed E-state index contributed by atoms with van der Waals surface area (Å²) in [5.74, 6) is 0. The number of piperazine rings is 1. The van der Waals surface area contributed by atoms with Crippen molar-refractivity contribution in [3.63, 3.8) is 0 Å². The van der Waals surface area contributed by atoms with Gasteiger partial charge in [0.25, 0.3) is 0 Å². The lowest BCUT2D eigenvalue weighted by molar-refractivity contribution is -0.0506. The first kappa shape index (κ1) is 18.2. The van der Waals surface area contributed by atoms with Gasteiger partial charge in [0, 0.05) is 43.3 Å². The highest BCUT2D eigenvalue weighted by atomic mass is 32.2. The molecule has 2 saturated heterocycles. The summed E-state index contributed by atoms with van der Waals surface area (Å²) >= 11 is 0. The van der Waals surface area contributed by atoms with Crippen molar-refractivity contribution in [1.82, 2.24) is 14.5 Å². The van der Waals surface area contributed by atoms with Gasteiger partial charge in [-0.25, -0.2) is 13.1 Å². The molecule has 0 aromatic carbocycles. The zero-order valence-electron chi connectivity index (χ0n) is 15.2. The quantitative estimate of drug-likeness (QED) is 0.833. The second-order valence-electron chi connectivity index (χ2n) is 9.14. The summed E-state index contributed by atoms with van der Waals surface area (Å²) in [7, 11) is -3.12. The number of hydrogen-bond donors (Lipinski definition) is 1. The number of nitrogens with zero attached hydrogens (tertiary/aromatic N) is 2. The third-order valence-electron chi connectivity index (χ3n) is 4.96. The van der Waals surface area contributed by atoms with E-state index < -0.39 is 10.0 Å². The van der Waals surface area contributed by atoms with Crippen molar-refractivity contribution in [2.45, 2.75) is 71.6 Å². The third-order valence-corrected chi connectivity index (χ3v) is 5.72. The van der Waals surface area contributed by atoms with Crippen molar-refractivity contribution in [3.05, 3.63) is 0 Å². The van der Waals surface area contributed by atoms with E-state index in [1.54, 1.807) is 0 Å². The molecule has 2 heterocycles. The summed E-state index contributed by atoms with van der Waals surface area (Å²) < 4.78 is 25.8. The molecule has 5 nitrogen and oxygen atoms in total. The van der Waals surface area contributed by atoms with E-state index >= 15 is 0 Å². The summed E-state index contributed by atoms with van der Waals surface area (Å²) in [6.45, 7) is 16.6. The van der Waals surface area contributed by atoms with Crippen LogP contribution < -0.4 is 4.72 Å². The molecule has 130 valence electrons. The van der Waals surface area contributed by atoms with Gasteiger partial charge in [0.05, 0.1) is 6.26 Å². The highest BCUT2D eigenvalue weighted by Gasteiger charge is 2.46. The van der Waals surface area contributed by atoms with Crippen LogP contribution in [0.1, 0.15) is 48.0 Å². The molecule has 2 aliphatic heterocycles. The standard InChI is InChI=1S/C16H33N3O2S/c1-15(2,3)14-11-18-9-12(17-22(7,20)21)8-13(18)10-19(14)16(4,5)6/h12-14,17H,8-11H2,1-7H3. The second-order valence-corrected chi connectivity index (χ2v) is 10.9. The molecule has 0 radical (unpaired) electrons. The number of fused-ring (bicyclic) bond motifs is 1. The van der Waals surface area contributed by atoms with E-state index in [1.807, 2.05) is 0 Å². The lowest BCUT2D eigenvalue weighted by atomic mass is 9.81. The first-order valence-corrected chi connectivity index (χ1v) is 10.1. The first-order valence-electron chi connectivity index (χ1n) is 8.25. The number of nitrogens with one attached hydrogen (secondary N) is 1. The summed E-state index contributed by atoms with van der Waals surface area (Å²) in [6.07, 6.45) is 2.17. The molecule has 1 N–H and O–H groups in total. The molecule has 0 saturated carbocycles. The van der Waals surface area contributed by atoms with Crippen LogP contribution in [0.25, 0.3) is 0 Å². The summed E-state index contributed by atoms with van der Waals surface area (Å²) in [6, 6.07) is 0.998. The Hall–Kier alpha value is -0.170. The molecule has 0 aromatic heterocycles. The van der Waals surface area contributed by atoms with Crippen molar-refractivity contribution >= 4 is 10.0 Å². The van der Waals surface area contributed by atoms with Crippen molar-refractivity contribution in [2.24, 2.45) is 5.41 Å². The fraction of sp³-hybridized carbons (Fsp3) is 1.00. The fourth-order valence-electron chi connectivity index (χ4n) is 3.94. The minimum absolute atomic E-state index is 0.0561. The van der Waals surface area contributed by atoms with Crippen LogP contribution >= 0.6 is 0 Å². The van der Waals surface area contributed by atoms with Gasteiger partial charge in [-0.05, 0) is 32.6 Å². The Morgan fingerprint density at radius 2 is 1.59 bits per heavy atom. The van der Waals surface area contributed by atoms with E-state index in [1.165, 1.54) is 6.26 Å². The van der Waals surface area contributed by atoms with Gasteiger partial charge < -0.3 is 0 Å². The molecule has 6 heteroatoms. The predicted molar refractivity (Wildman–Crippen MR) is 91.4 cm³/mol. The Kier molecular flexibility index (Phi) is 4.73. The number of hydrogen-bond acceptors (Lipinski definition) is 4. The maximum Gasteiger partial charge on any atom is 0.208 e. The molecule has 2 rings (SSSR count). The molecule has 0 aliphatic carbocycles. The average molecular weight is 332 g/mol. The lowest BCUT2D eigenvalue weighted by Gasteiger charge is -2.54. The van der Waals surface area contributed by atoms with Crippen molar-refractivity contribution in [1.29, 1.82) is 0 Å². The normalized spacial score (nSPS) is 32.2. The SMILES string of the molecule is CC(C)(C)C1CN2CC(NS(C)(=O)=O)CC2CN1C(C)(C)C. The fourth-order valence-corrected chi connectivity index (χ4v) is 4.72. The van der Waals surface area contributed by atoms with E-state index in [9.17, 15) is 8.42 Å². The Morgan fingerprint density at radius 3 is 2.05 bits per heavy atom. The number of sulfonamides is 1. The van der Waals surface area contributed by atoms with Crippen LogP contribution in [0.3, 0.4) is 0 Å². The van der Waals surface area contributed by atoms with Crippen LogP contribution in [-0.2, 0) is 10.0 Å². The predicted octanol–water partition coefficient (Wildman–Crippen LogP) is 1.51. The van der Waals surface area contributed by atoms with Crippen molar-refractivity contribution in [2.75, 3.05) is 25.9 Å². The van der Waals surface area contributed by atoms with E-state index in [0.29, 0.717) is 12.1 Å². The second kappa shape index (κ2) is 5.72. The average Bonchev–Trinajstić information content (AvgIpc) is 2.62. The van der Waals surface area contributed by atoms with Gasteiger partial charge in [0.1, 0.15) is 0 Å². The molecule has 22 heavy (non-hydrogen) atoms. The zero-order valence-corrected chi connectivity index (χ0v) is 16.0. The highest BCUT2D eigenvalue weighted by Crippen LogP contribution is 2.36. The smallest absolute Gasteiger partial charge is 0.208 e. The van der Waals surface area contributed by atoms with Crippen LogP contribution in [0.15, 0.2) is 0 Å². The zero-order chi connectivity index (χ0) is 16.9. The molecule has 3 unspecified atom stereocenters. The van der Waals surface area contributed by atoms with Gasteiger partial charge in [-0.1, -0.05) is 20.8 Å². The molecule has 2 fully saturated rings. The molecule has 0 aromatic rings. The lowest BCUT2D eigenvalue weighted by Crippen LogP contribution is -2.64. The largest absolute Gasteiger partial charge is 0.296 e. The van der Waals surface area contributed by atoms with Crippen LogP contribution in [-0.4, -0.2) is 67.8 Å². The van der Waals surface area contributed by atoms with Crippen molar-refractivity contribution < 1.29 is 8.42 Å². The highest BCUT2D eigenvalue weighted by molar-refractivity contribution is 7.88. The van der Waals surface area contributed by atoms with Crippen LogP contribution in [0.4, 0.5) is 0 Å². The van der Waals surface area contributed by atoms with Gasteiger partial charge in [0.2, 0.25) is 10.0 Å². The van der Waals surface area contributed by atoms with Gasteiger partial charge in [-0.3, -0.25) is 9.80 Å². The van der Waals surface area contributed by atoms with E-state index in [-0.39, 0.29) is 17.0 Å². The van der Waals surface area contributed by atoms with Crippen LogP contribution in [0, 0.1) is 5.41 Å². The number of rotatable bonds is 2. The van der Waals surface area contributed by atoms with E-state index in [4.69, 9.17) is 0 Å². The molecular formula is C16H33N3O2S. The minimum Gasteiger partial charge on any atom is -0.296 e. The maximum atomic E-state index is 11.5. The monoisotopic (exact) mass is 331 g/mol.